The molecular formula is C14H17BrO5S. The minimum Gasteiger partial charge on any atom is -0.457 e. The van der Waals surface area contributed by atoms with E-state index < -0.39 is 35.8 Å². The number of alkyl halides is 1. The second kappa shape index (κ2) is 7.60. The van der Waals surface area contributed by atoms with E-state index >= 15 is 0 Å². The molecule has 0 amide bonds. The number of aliphatic hydroxyl groups excluding tert-OH is 2. The van der Waals surface area contributed by atoms with E-state index in [2.05, 4.69) is 15.9 Å². The average Bonchev–Trinajstić information content (AvgIpc) is 2.47. The zero-order valence-electron chi connectivity index (χ0n) is 11.4. The van der Waals surface area contributed by atoms with Gasteiger partial charge < -0.3 is 19.7 Å². The highest BCUT2D eigenvalue weighted by Crippen LogP contribution is 2.35. The van der Waals surface area contributed by atoms with Crippen molar-refractivity contribution >= 4 is 33.7 Å². The molecule has 0 bridgehead atoms. The van der Waals surface area contributed by atoms with Crippen molar-refractivity contribution in [3.05, 3.63) is 30.3 Å². The molecule has 2 N–H and O–H groups in total. The molecule has 1 aromatic rings. The highest BCUT2D eigenvalue weighted by atomic mass is 79.9. The molecule has 1 fully saturated rings. The predicted molar refractivity (Wildman–Crippen MR) is 82.3 cm³/mol. The van der Waals surface area contributed by atoms with Crippen LogP contribution in [-0.2, 0) is 14.3 Å². The first-order chi connectivity index (χ1) is 10.0. The number of ether oxygens (including phenoxy) is 2. The van der Waals surface area contributed by atoms with Crippen LogP contribution in [0.15, 0.2) is 35.2 Å². The standard InChI is InChI=1S/C14H17BrO5S/c1-8(16)19-12-10(7-15)20-14(18)13(11(12)17)21-9-5-3-2-4-6-9/h2-6,10-14,17-18H,7H2,1H3/t10-,11+,12-,13-,14-/m1/s1. The summed E-state index contributed by atoms with van der Waals surface area (Å²) in [7, 11) is 0. The van der Waals surface area contributed by atoms with Crippen molar-refractivity contribution in [2.24, 2.45) is 0 Å². The summed E-state index contributed by atoms with van der Waals surface area (Å²) in [6.07, 6.45) is -3.57. The average molecular weight is 377 g/mol. The van der Waals surface area contributed by atoms with Crippen LogP contribution in [0.2, 0.25) is 0 Å². The topological polar surface area (TPSA) is 76.0 Å². The van der Waals surface area contributed by atoms with E-state index in [0.29, 0.717) is 5.33 Å². The first kappa shape index (κ1) is 16.8. The van der Waals surface area contributed by atoms with Crippen molar-refractivity contribution in [3.63, 3.8) is 0 Å². The van der Waals surface area contributed by atoms with Crippen LogP contribution < -0.4 is 0 Å². The van der Waals surface area contributed by atoms with Crippen LogP contribution in [0, 0.1) is 0 Å². The smallest absolute Gasteiger partial charge is 0.303 e. The first-order valence-corrected chi connectivity index (χ1v) is 8.49. The summed E-state index contributed by atoms with van der Waals surface area (Å²) >= 11 is 4.53. The summed E-state index contributed by atoms with van der Waals surface area (Å²) in [4.78, 5) is 12.1. The monoisotopic (exact) mass is 376 g/mol. The summed E-state index contributed by atoms with van der Waals surface area (Å²) in [5, 5.41) is 20.3. The minimum atomic E-state index is -1.14. The van der Waals surface area contributed by atoms with Gasteiger partial charge in [0.15, 0.2) is 12.4 Å². The zero-order chi connectivity index (χ0) is 15.4. The van der Waals surface area contributed by atoms with Crippen molar-refractivity contribution in [2.75, 3.05) is 5.33 Å². The van der Waals surface area contributed by atoms with Crippen LogP contribution in [0.5, 0.6) is 0 Å². The van der Waals surface area contributed by atoms with E-state index in [1.807, 2.05) is 30.3 Å². The van der Waals surface area contributed by atoms with E-state index in [4.69, 9.17) is 9.47 Å². The number of benzene rings is 1. The van der Waals surface area contributed by atoms with Crippen molar-refractivity contribution in [1.82, 2.24) is 0 Å². The van der Waals surface area contributed by atoms with Gasteiger partial charge >= 0.3 is 5.97 Å². The molecule has 0 unspecified atom stereocenters. The Morgan fingerprint density at radius 3 is 2.62 bits per heavy atom. The van der Waals surface area contributed by atoms with Crippen molar-refractivity contribution < 1.29 is 24.5 Å². The van der Waals surface area contributed by atoms with Gasteiger partial charge in [-0.25, -0.2) is 0 Å². The number of hydrogen-bond donors (Lipinski definition) is 2. The lowest BCUT2D eigenvalue weighted by Gasteiger charge is -2.41. The molecule has 0 aliphatic carbocycles. The fourth-order valence-corrected chi connectivity index (χ4v) is 3.78. The molecule has 7 heteroatoms. The van der Waals surface area contributed by atoms with Crippen molar-refractivity contribution in [2.45, 2.75) is 41.7 Å². The fourth-order valence-electron chi connectivity index (χ4n) is 2.16. The molecule has 0 radical (unpaired) electrons. The molecule has 1 aromatic carbocycles. The van der Waals surface area contributed by atoms with Crippen molar-refractivity contribution in [1.29, 1.82) is 0 Å². The van der Waals surface area contributed by atoms with Crippen LogP contribution in [-0.4, -0.2) is 51.4 Å². The summed E-state index contributed by atoms with van der Waals surface area (Å²) in [6.45, 7) is 1.28. The molecule has 5 nitrogen and oxygen atoms in total. The van der Waals surface area contributed by atoms with Gasteiger partial charge in [-0.15, -0.1) is 11.8 Å². The molecule has 1 saturated heterocycles. The van der Waals surface area contributed by atoms with Gasteiger partial charge in [0.1, 0.15) is 12.2 Å². The Kier molecular flexibility index (Phi) is 6.07. The molecule has 21 heavy (non-hydrogen) atoms. The second-order valence-electron chi connectivity index (χ2n) is 4.68. The number of esters is 1. The lowest BCUT2D eigenvalue weighted by Crippen LogP contribution is -2.58. The number of hydrogen-bond acceptors (Lipinski definition) is 6. The Morgan fingerprint density at radius 2 is 2.05 bits per heavy atom. The second-order valence-corrected chi connectivity index (χ2v) is 6.58. The number of carbonyl (C=O) groups is 1. The van der Waals surface area contributed by atoms with Gasteiger partial charge in [-0.3, -0.25) is 4.79 Å². The van der Waals surface area contributed by atoms with E-state index in [1.165, 1.54) is 18.7 Å². The summed E-state index contributed by atoms with van der Waals surface area (Å²) in [5.41, 5.74) is 0. The predicted octanol–water partition coefficient (Wildman–Crippen LogP) is 1.55. The van der Waals surface area contributed by atoms with Crippen LogP contribution in [0.4, 0.5) is 0 Å². The van der Waals surface area contributed by atoms with Crippen molar-refractivity contribution in [3.8, 4) is 0 Å². The van der Waals surface area contributed by atoms with E-state index in [0.717, 1.165) is 4.90 Å². The Morgan fingerprint density at radius 1 is 1.38 bits per heavy atom. The van der Waals surface area contributed by atoms with Gasteiger partial charge in [0.2, 0.25) is 0 Å². The maximum atomic E-state index is 11.2. The molecule has 0 spiro atoms. The minimum absolute atomic E-state index is 0.349. The Labute approximate surface area is 135 Å². The van der Waals surface area contributed by atoms with Crippen LogP contribution >= 0.6 is 27.7 Å². The third-order valence-electron chi connectivity index (χ3n) is 3.10. The number of rotatable bonds is 4. The van der Waals surface area contributed by atoms with E-state index in [-0.39, 0.29) is 0 Å². The third-order valence-corrected chi connectivity index (χ3v) is 5.07. The maximum Gasteiger partial charge on any atom is 0.303 e. The number of aliphatic hydroxyl groups is 2. The van der Waals surface area contributed by atoms with Crippen LogP contribution in [0.25, 0.3) is 0 Å². The lowest BCUT2D eigenvalue weighted by atomic mass is 10.0. The van der Waals surface area contributed by atoms with E-state index in [9.17, 15) is 15.0 Å². The molecule has 0 aromatic heterocycles. The lowest BCUT2D eigenvalue weighted by molar-refractivity contribution is -0.229. The van der Waals surface area contributed by atoms with Gasteiger partial charge in [-0.05, 0) is 12.1 Å². The van der Waals surface area contributed by atoms with Gasteiger partial charge in [-0.2, -0.15) is 0 Å². The molecule has 1 aliphatic rings. The number of halogens is 1. The molecule has 0 saturated carbocycles. The highest BCUT2D eigenvalue weighted by molar-refractivity contribution is 9.09. The van der Waals surface area contributed by atoms with E-state index in [1.54, 1.807) is 0 Å². The Bertz CT molecular complexity index is 472. The molecule has 1 heterocycles. The first-order valence-electron chi connectivity index (χ1n) is 6.49. The fraction of sp³-hybridized carbons (Fsp3) is 0.500. The molecular weight excluding hydrogens is 360 g/mol. The van der Waals surface area contributed by atoms with Crippen LogP contribution in [0.1, 0.15) is 6.92 Å². The molecule has 5 atom stereocenters. The van der Waals surface area contributed by atoms with Crippen LogP contribution in [0.3, 0.4) is 0 Å². The molecule has 2 rings (SSSR count). The van der Waals surface area contributed by atoms with Gasteiger partial charge in [0.25, 0.3) is 0 Å². The highest BCUT2D eigenvalue weighted by Gasteiger charge is 2.46. The molecule has 116 valence electrons. The number of carbonyl (C=O) groups excluding carboxylic acids is 1. The normalized spacial score (nSPS) is 32.7. The van der Waals surface area contributed by atoms with Gasteiger partial charge in [-0.1, -0.05) is 34.1 Å². The third kappa shape index (κ3) is 4.20. The Hall–Kier alpha value is -0.600. The largest absolute Gasteiger partial charge is 0.457 e. The zero-order valence-corrected chi connectivity index (χ0v) is 13.8. The summed E-state index contributed by atoms with van der Waals surface area (Å²) in [5.74, 6) is -0.492. The SMILES string of the molecule is CC(=O)O[C@H]1[C@H](O)[C@@H](Sc2ccccc2)[C@H](O)O[C@@H]1CBr. The van der Waals surface area contributed by atoms with Gasteiger partial charge in [0, 0.05) is 17.1 Å². The molecule has 1 aliphatic heterocycles. The Balaban J connectivity index is 2.15. The summed E-state index contributed by atoms with van der Waals surface area (Å²) < 4.78 is 10.6. The van der Waals surface area contributed by atoms with Gasteiger partial charge in [0.05, 0.1) is 5.25 Å². The summed E-state index contributed by atoms with van der Waals surface area (Å²) in [6, 6.07) is 9.38. The maximum absolute atomic E-state index is 11.2. The number of thioether (sulfide) groups is 1. The quantitative estimate of drug-likeness (QED) is 0.613.